The molecule has 0 saturated heterocycles. The highest BCUT2D eigenvalue weighted by atomic mass is 35.5. The molecule has 0 radical (unpaired) electrons. The molecular formula is C14H12ClN3S. The number of nitrogens with zero attached hydrogens (tertiary/aromatic N) is 2. The molecule has 0 aliphatic rings. The molecule has 0 aliphatic heterocycles. The van der Waals surface area contributed by atoms with E-state index in [1.807, 2.05) is 35.2 Å². The third-order valence-electron chi connectivity index (χ3n) is 2.94. The van der Waals surface area contributed by atoms with Gasteiger partial charge in [-0.3, -0.25) is 4.98 Å². The second-order valence-electron chi connectivity index (χ2n) is 4.31. The van der Waals surface area contributed by atoms with Crippen LogP contribution in [0, 0.1) is 0 Å². The van der Waals surface area contributed by atoms with Crippen LogP contribution in [0.25, 0.3) is 10.9 Å². The van der Waals surface area contributed by atoms with E-state index in [0.29, 0.717) is 5.02 Å². The van der Waals surface area contributed by atoms with Crippen LogP contribution < -0.4 is 5.32 Å². The van der Waals surface area contributed by atoms with Crippen molar-refractivity contribution in [3.63, 3.8) is 0 Å². The Morgan fingerprint density at radius 1 is 1.32 bits per heavy atom. The van der Waals surface area contributed by atoms with Crippen LogP contribution in [-0.2, 0) is 0 Å². The largest absolute Gasteiger partial charge is 0.375 e. The summed E-state index contributed by atoms with van der Waals surface area (Å²) in [5.41, 5.74) is 4.72. The first-order valence-electron chi connectivity index (χ1n) is 5.93. The van der Waals surface area contributed by atoms with Gasteiger partial charge in [-0.2, -0.15) is 0 Å². The summed E-state index contributed by atoms with van der Waals surface area (Å²) < 4.78 is 0. The van der Waals surface area contributed by atoms with Gasteiger partial charge < -0.3 is 5.32 Å². The molecule has 1 N–H and O–H groups in total. The molecule has 0 saturated carbocycles. The van der Waals surface area contributed by atoms with E-state index < -0.39 is 0 Å². The van der Waals surface area contributed by atoms with Crippen molar-refractivity contribution >= 4 is 39.5 Å². The topological polar surface area (TPSA) is 37.8 Å². The van der Waals surface area contributed by atoms with Gasteiger partial charge >= 0.3 is 0 Å². The van der Waals surface area contributed by atoms with E-state index in [2.05, 4.69) is 22.2 Å². The van der Waals surface area contributed by atoms with Gasteiger partial charge in [-0.15, -0.1) is 11.3 Å². The number of anilines is 1. The molecule has 3 aromatic rings. The SMILES string of the molecule is CC(Nc1cc(Cl)cc2cccnc12)c1cscn1. The zero-order valence-corrected chi connectivity index (χ0v) is 11.9. The Balaban J connectivity index is 2.00. The van der Waals surface area contributed by atoms with Crippen molar-refractivity contribution < 1.29 is 0 Å². The third-order valence-corrected chi connectivity index (χ3v) is 3.76. The summed E-state index contributed by atoms with van der Waals surface area (Å²) >= 11 is 7.74. The minimum Gasteiger partial charge on any atom is -0.375 e. The van der Waals surface area contributed by atoms with E-state index >= 15 is 0 Å². The fourth-order valence-corrected chi connectivity index (χ4v) is 2.88. The van der Waals surface area contributed by atoms with Gasteiger partial charge in [-0.1, -0.05) is 17.7 Å². The maximum absolute atomic E-state index is 6.15. The predicted octanol–water partition coefficient (Wildman–Crippen LogP) is 4.52. The van der Waals surface area contributed by atoms with Crippen molar-refractivity contribution in [3.05, 3.63) is 52.1 Å². The lowest BCUT2D eigenvalue weighted by Crippen LogP contribution is -2.07. The molecule has 0 fully saturated rings. The number of hydrogen-bond acceptors (Lipinski definition) is 4. The molecule has 3 nitrogen and oxygen atoms in total. The monoisotopic (exact) mass is 289 g/mol. The van der Waals surface area contributed by atoms with Crippen molar-refractivity contribution in [1.29, 1.82) is 0 Å². The fraction of sp³-hybridized carbons (Fsp3) is 0.143. The lowest BCUT2D eigenvalue weighted by atomic mass is 10.1. The van der Waals surface area contributed by atoms with Crippen LogP contribution in [0.15, 0.2) is 41.4 Å². The highest BCUT2D eigenvalue weighted by molar-refractivity contribution is 7.07. The first-order valence-corrected chi connectivity index (χ1v) is 7.25. The normalized spacial score (nSPS) is 12.5. The summed E-state index contributed by atoms with van der Waals surface area (Å²) in [5, 5.41) is 7.20. The number of halogens is 1. The number of aromatic nitrogens is 2. The molecular weight excluding hydrogens is 278 g/mol. The maximum Gasteiger partial charge on any atom is 0.0934 e. The molecule has 96 valence electrons. The number of nitrogens with one attached hydrogen (secondary N) is 1. The smallest absolute Gasteiger partial charge is 0.0934 e. The number of hydrogen-bond donors (Lipinski definition) is 1. The van der Waals surface area contributed by atoms with Gasteiger partial charge in [-0.05, 0) is 25.1 Å². The lowest BCUT2D eigenvalue weighted by molar-refractivity contribution is 0.851. The summed E-state index contributed by atoms with van der Waals surface area (Å²) in [6, 6.07) is 7.86. The summed E-state index contributed by atoms with van der Waals surface area (Å²) in [7, 11) is 0. The molecule has 0 aliphatic carbocycles. The summed E-state index contributed by atoms with van der Waals surface area (Å²) in [6.45, 7) is 2.07. The number of thiazole rings is 1. The maximum atomic E-state index is 6.15. The minimum atomic E-state index is 0.120. The Hall–Kier alpha value is -1.65. The molecule has 0 bridgehead atoms. The first kappa shape index (κ1) is 12.4. The van der Waals surface area contributed by atoms with Gasteiger partial charge in [0.25, 0.3) is 0 Å². The summed E-state index contributed by atoms with van der Waals surface area (Å²) in [4.78, 5) is 8.74. The Labute approximate surface area is 120 Å². The average Bonchev–Trinajstić information content (AvgIpc) is 2.92. The van der Waals surface area contributed by atoms with Gasteiger partial charge in [0.1, 0.15) is 0 Å². The van der Waals surface area contributed by atoms with Gasteiger partial charge in [0.15, 0.2) is 0 Å². The number of fused-ring (bicyclic) bond motifs is 1. The van der Waals surface area contributed by atoms with Crippen molar-refractivity contribution in [1.82, 2.24) is 9.97 Å². The average molecular weight is 290 g/mol. The van der Waals surface area contributed by atoms with Crippen LogP contribution in [-0.4, -0.2) is 9.97 Å². The van der Waals surface area contributed by atoms with Crippen molar-refractivity contribution in [2.45, 2.75) is 13.0 Å². The zero-order chi connectivity index (χ0) is 13.2. The van der Waals surface area contributed by atoms with E-state index in [9.17, 15) is 0 Å². The van der Waals surface area contributed by atoms with Crippen LogP contribution >= 0.6 is 22.9 Å². The van der Waals surface area contributed by atoms with Crippen LogP contribution in [0.5, 0.6) is 0 Å². The van der Waals surface area contributed by atoms with Crippen LogP contribution in [0.1, 0.15) is 18.7 Å². The quantitative estimate of drug-likeness (QED) is 0.770. The molecule has 1 unspecified atom stereocenters. The van der Waals surface area contributed by atoms with E-state index in [1.54, 1.807) is 17.5 Å². The van der Waals surface area contributed by atoms with Gasteiger partial charge in [-0.25, -0.2) is 4.98 Å². The van der Waals surface area contributed by atoms with E-state index in [1.165, 1.54) is 0 Å². The zero-order valence-electron chi connectivity index (χ0n) is 10.3. The molecule has 1 atom stereocenters. The van der Waals surface area contributed by atoms with E-state index in [4.69, 9.17) is 11.6 Å². The molecule has 3 rings (SSSR count). The Bertz CT molecular complexity index is 697. The molecule has 2 aromatic heterocycles. The lowest BCUT2D eigenvalue weighted by Gasteiger charge is -2.15. The molecule has 0 amide bonds. The number of pyridine rings is 1. The second kappa shape index (κ2) is 5.15. The molecule has 0 spiro atoms. The van der Waals surface area contributed by atoms with E-state index in [0.717, 1.165) is 22.3 Å². The van der Waals surface area contributed by atoms with Gasteiger partial charge in [0, 0.05) is 22.0 Å². The summed E-state index contributed by atoms with van der Waals surface area (Å²) in [5.74, 6) is 0. The first-order chi connectivity index (χ1) is 9.24. The van der Waals surface area contributed by atoms with Crippen LogP contribution in [0.2, 0.25) is 5.02 Å². The number of rotatable bonds is 3. The number of benzene rings is 1. The minimum absolute atomic E-state index is 0.120. The molecule has 2 heterocycles. The fourth-order valence-electron chi connectivity index (χ4n) is 2.01. The summed E-state index contributed by atoms with van der Waals surface area (Å²) in [6.07, 6.45) is 1.79. The predicted molar refractivity (Wildman–Crippen MR) is 80.9 cm³/mol. The van der Waals surface area contributed by atoms with Gasteiger partial charge in [0.2, 0.25) is 0 Å². The molecule has 5 heteroatoms. The van der Waals surface area contributed by atoms with Crippen LogP contribution in [0.3, 0.4) is 0 Å². The van der Waals surface area contributed by atoms with Crippen molar-refractivity contribution in [2.75, 3.05) is 5.32 Å². The van der Waals surface area contributed by atoms with Crippen LogP contribution in [0.4, 0.5) is 5.69 Å². The second-order valence-corrected chi connectivity index (χ2v) is 5.46. The highest BCUT2D eigenvalue weighted by Crippen LogP contribution is 2.29. The van der Waals surface area contributed by atoms with Crippen molar-refractivity contribution in [3.8, 4) is 0 Å². The Morgan fingerprint density at radius 2 is 2.21 bits per heavy atom. The Kier molecular flexibility index (Phi) is 3.36. The van der Waals surface area contributed by atoms with E-state index in [-0.39, 0.29) is 6.04 Å². The third kappa shape index (κ3) is 2.55. The Morgan fingerprint density at radius 3 is 3.00 bits per heavy atom. The van der Waals surface area contributed by atoms with Crippen molar-refractivity contribution in [2.24, 2.45) is 0 Å². The van der Waals surface area contributed by atoms with Gasteiger partial charge in [0.05, 0.1) is 28.5 Å². The highest BCUT2D eigenvalue weighted by Gasteiger charge is 2.10. The molecule has 1 aromatic carbocycles. The molecule has 19 heavy (non-hydrogen) atoms. The standard InChI is InChI=1S/C14H12ClN3S/c1-9(13-7-19-8-17-13)18-12-6-11(15)5-10-3-2-4-16-14(10)12/h2-9,18H,1H3.